The van der Waals surface area contributed by atoms with Gasteiger partial charge in [-0.2, -0.15) is 0 Å². The van der Waals surface area contributed by atoms with Gasteiger partial charge in [0.15, 0.2) is 11.6 Å². The number of carbonyl (C=O) groups excluding carboxylic acids is 1. The molecule has 2 aromatic carbocycles. The zero-order valence-electron chi connectivity index (χ0n) is 9.90. The molecular formula is C14H11F2NO2. The van der Waals surface area contributed by atoms with E-state index in [-0.39, 0.29) is 12.4 Å². The number of halogens is 2. The summed E-state index contributed by atoms with van der Waals surface area (Å²) in [6.45, 7) is 0.113. The highest BCUT2D eigenvalue weighted by Gasteiger charge is 2.05. The number of hydrogen-bond donors (Lipinski definition) is 1. The van der Waals surface area contributed by atoms with Crippen LogP contribution in [0.4, 0.5) is 8.78 Å². The van der Waals surface area contributed by atoms with Gasteiger partial charge in [0.1, 0.15) is 12.4 Å². The third kappa shape index (κ3) is 3.28. The first-order valence-electron chi connectivity index (χ1n) is 5.53. The van der Waals surface area contributed by atoms with Crippen molar-refractivity contribution in [2.45, 2.75) is 6.61 Å². The summed E-state index contributed by atoms with van der Waals surface area (Å²) in [6, 6.07) is 9.52. The van der Waals surface area contributed by atoms with Crippen molar-refractivity contribution in [2.24, 2.45) is 5.73 Å². The lowest BCUT2D eigenvalue weighted by Gasteiger charge is -2.07. The standard InChI is InChI=1S/C14H11F2NO2/c15-11-5-6-13(12(16)7-11)19-8-9-1-3-10(4-2-9)14(17)18/h1-7H,8H2,(H2,17,18). The van der Waals surface area contributed by atoms with Crippen LogP contribution in [-0.4, -0.2) is 5.91 Å². The van der Waals surface area contributed by atoms with Crippen molar-refractivity contribution in [1.29, 1.82) is 0 Å². The van der Waals surface area contributed by atoms with Gasteiger partial charge in [-0.05, 0) is 29.8 Å². The molecular weight excluding hydrogens is 252 g/mol. The summed E-state index contributed by atoms with van der Waals surface area (Å²) in [6.07, 6.45) is 0. The molecule has 2 N–H and O–H groups in total. The molecule has 98 valence electrons. The van der Waals surface area contributed by atoms with Crippen molar-refractivity contribution in [2.75, 3.05) is 0 Å². The molecule has 0 fully saturated rings. The van der Waals surface area contributed by atoms with Gasteiger partial charge < -0.3 is 10.5 Å². The second-order valence-electron chi connectivity index (χ2n) is 3.92. The van der Waals surface area contributed by atoms with Crippen LogP contribution in [0.25, 0.3) is 0 Å². The van der Waals surface area contributed by atoms with Crippen LogP contribution in [0, 0.1) is 11.6 Å². The number of ether oxygens (including phenoxy) is 1. The first-order chi connectivity index (χ1) is 9.06. The van der Waals surface area contributed by atoms with E-state index in [0.717, 1.165) is 17.7 Å². The normalized spacial score (nSPS) is 10.2. The summed E-state index contributed by atoms with van der Waals surface area (Å²) in [5, 5.41) is 0. The van der Waals surface area contributed by atoms with Gasteiger partial charge in [-0.1, -0.05) is 12.1 Å². The quantitative estimate of drug-likeness (QED) is 0.921. The summed E-state index contributed by atoms with van der Waals surface area (Å²) in [7, 11) is 0. The van der Waals surface area contributed by atoms with E-state index in [1.165, 1.54) is 6.07 Å². The predicted octanol–water partition coefficient (Wildman–Crippen LogP) is 2.64. The molecule has 0 atom stereocenters. The lowest BCUT2D eigenvalue weighted by Crippen LogP contribution is -2.10. The summed E-state index contributed by atoms with van der Waals surface area (Å²) in [4.78, 5) is 10.9. The van der Waals surface area contributed by atoms with E-state index in [1.54, 1.807) is 24.3 Å². The third-order valence-corrected chi connectivity index (χ3v) is 2.53. The zero-order valence-corrected chi connectivity index (χ0v) is 9.90. The maximum Gasteiger partial charge on any atom is 0.248 e. The highest BCUT2D eigenvalue weighted by atomic mass is 19.1. The zero-order chi connectivity index (χ0) is 13.8. The van der Waals surface area contributed by atoms with Crippen LogP contribution in [-0.2, 0) is 6.61 Å². The lowest BCUT2D eigenvalue weighted by molar-refractivity contribution is 0.1000. The minimum absolute atomic E-state index is 0.0274. The molecule has 1 amide bonds. The van der Waals surface area contributed by atoms with E-state index >= 15 is 0 Å². The molecule has 0 heterocycles. The second-order valence-corrected chi connectivity index (χ2v) is 3.92. The maximum absolute atomic E-state index is 13.3. The topological polar surface area (TPSA) is 52.3 Å². The molecule has 0 spiro atoms. The van der Waals surface area contributed by atoms with Crippen LogP contribution >= 0.6 is 0 Å². The molecule has 0 unspecified atom stereocenters. The Bertz CT molecular complexity index is 597. The fraction of sp³-hybridized carbons (Fsp3) is 0.0714. The number of nitrogens with two attached hydrogens (primary N) is 1. The number of hydrogen-bond acceptors (Lipinski definition) is 2. The third-order valence-electron chi connectivity index (χ3n) is 2.53. The molecule has 0 saturated heterocycles. The van der Waals surface area contributed by atoms with Gasteiger partial charge in [0.2, 0.25) is 5.91 Å². The van der Waals surface area contributed by atoms with Gasteiger partial charge in [-0.25, -0.2) is 8.78 Å². The van der Waals surface area contributed by atoms with Crippen LogP contribution in [0.2, 0.25) is 0 Å². The van der Waals surface area contributed by atoms with Crippen molar-refractivity contribution in [3.8, 4) is 5.75 Å². The van der Waals surface area contributed by atoms with E-state index in [9.17, 15) is 13.6 Å². The molecule has 2 rings (SSSR count). The minimum atomic E-state index is -0.756. The molecule has 5 heteroatoms. The van der Waals surface area contributed by atoms with Gasteiger partial charge in [0, 0.05) is 11.6 Å². The lowest BCUT2D eigenvalue weighted by atomic mass is 10.1. The van der Waals surface area contributed by atoms with Crippen LogP contribution in [0.1, 0.15) is 15.9 Å². The van der Waals surface area contributed by atoms with Crippen LogP contribution < -0.4 is 10.5 Å². The molecule has 0 aliphatic heterocycles. The van der Waals surface area contributed by atoms with E-state index in [0.29, 0.717) is 5.56 Å². The summed E-state index contributed by atoms with van der Waals surface area (Å²) >= 11 is 0. The van der Waals surface area contributed by atoms with Gasteiger partial charge in [-0.15, -0.1) is 0 Å². The van der Waals surface area contributed by atoms with Crippen molar-refractivity contribution in [3.63, 3.8) is 0 Å². The monoisotopic (exact) mass is 263 g/mol. The molecule has 0 aromatic heterocycles. The highest BCUT2D eigenvalue weighted by molar-refractivity contribution is 5.92. The Morgan fingerprint density at radius 1 is 1.11 bits per heavy atom. The summed E-state index contributed by atoms with van der Waals surface area (Å²) in [5.74, 6) is -1.96. The second kappa shape index (κ2) is 5.48. The molecule has 2 aromatic rings. The van der Waals surface area contributed by atoms with Crippen LogP contribution in [0.5, 0.6) is 5.75 Å². The fourth-order valence-corrected chi connectivity index (χ4v) is 1.52. The van der Waals surface area contributed by atoms with Crippen LogP contribution in [0.15, 0.2) is 42.5 Å². The van der Waals surface area contributed by atoms with E-state index in [2.05, 4.69) is 0 Å². The Balaban J connectivity index is 2.04. The minimum Gasteiger partial charge on any atom is -0.486 e. The smallest absolute Gasteiger partial charge is 0.248 e. The van der Waals surface area contributed by atoms with Gasteiger partial charge >= 0.3 is 0 Å². The van der Waals surface area contributed by atoms with Crippen molar-refractivity contribution < 1.29 is 18.3 Å². The molecule has 0 aliphatic rings. The molecule has 0 bridgehead atoms. The highest BCUT2D eigenvalue weighted by Crippen LogP contribution is 2.19. The van der Waals surface area contributed by atoms with Crippen molar-refractivity contribution in [3.05, 3.63) is 65.2 Å². The largest absolute Gasteiger partial charge is 0.486 e. The average molecular weight is 263 g/mol. The van der Waals surface area contributed by atoms with Gasteiger partial charge in [-0.3, -0.25) is 4.79 Å². The summed E-state index contributed by atoms with van der Waals surface area (Å²) < 4.78 is 31.2. The molecule has 0 radical (unpaired) electrons. The van der Waals surface area contributed by atoms with Crippen molar-refractivity contribution in [1.82, 2.24) is 0 Å². The number of carbonyl (C=O) groups is 1. The Hall–Kier alpha value is -2.43. The average Bonchev–Trinajstić information content (AvgIpc) is 2.38. The maximum atomic E-state index is 13.3. The number of rotatable bonds is 4. The predicted molar refractivity (Wildman–Crippen MR) is 65.6 cm³/mol. The number of benzene rings is 2. The fourth-order valence-electron chi connectivity index (χ4n) is 1.52. The summed E-state index contributed by atoms with van der Waals surface area (Å²) in [5.41, 5.74) is 6.24. The molecule has 19 heavy (non-hydrogen) atoms. The first kappa shape index (κ1) is 13.0. The van der Waals surface area contributed by atoms with Crippen molar-refractivity contribution >= 4 is 5.91 Å². The Morgan fingerprint density at radius 3 is 2.37 bits per heavy atom. The van der Waals surface area contributed by atoms with E-state index < -0.39 is 17.5 Å². The molecule has 3 nitrogen and oxygen atoms in total. The van der Waals surface area contributed by atoms with E-state index in [1.807, 2.05) is 0 Å². The Kier molecular flexibility index (Phi) is 3.75. The molecule has 0 saturated carbocycles. The number of amides is 1. The van der Waals surface area contributed by atoms with E-state index in [4.69, 9.17) is 10.5 Å². The Labute approximate surface area is 108 Å². The van der Waals surface area contributed by atoms with Crippen LogP contribution in [0.3, 0.4) is 0 Å². The Morgan fingerprint density at radius 2 is 1.79 bits per heavy atom. The van der Waals surface area contributed by atoms with Gasteiger partial charge in [0.05, 0.1) is 0 Å². The van der Waals surface area contributed by atoms with Gasteiger partial charge in [0.25, 0.3) is 0 Å². The molecule has 0 aliphatic carbocycles. The SMILES string of the molecule is NC(=O)c1ccc(COc2ccc(F)cc2F)cc1. The number of primary amides is 1. The first-order valence-corrected chi connectivity index (χ1v) is 5.53.